The number of hydrogen-bond donors (Lipinski definition) is 2. The normalized spacial score (nSPS) is 12.7. The largest absolute Gasteiger partial charge is 0.496 e. The summed E-state index contributed by atoms with van der Waals surface area (Å²) in [6, 6.07) is 6.97. The Bertz CT molecular complexity index is 962. The first-order valence-electron chi connectivity index (χ1n) is 7.46. The van der Waals surface area contributed by atoms with E-state index >= 15 is 0 Å². The Labute approximate surface area is 165 Å². The third-order valence-electron chi connectivity index (χ3n) is 3.84. The second kappa shape index (κ2) is 7.96. The number of carbonyl (C=O) groups is 1. The summed E-state index contributed by atoms with van der Waals surface area (Å²) in [5.74, 6) is -0.629. The van der Waals surface area contributed by atoms with Gasteiger partial charge in [-0.15, -0.1) is 0 Å². The Morgan fingerprint density at radius 3 is 2.50 bits per heavy atom. The van der Waals surface area contributed by atoms with Gasteiger partial charge < -0.3 is 9.84 Å². The van der Waals surface area contributed by atoms with Gasteiger partial charge in [-0.3, -0.25) is 0 Å². The third kappa shape index (κ3) is 4.37. The van der Waals surface area contributed by atoms with Crippen molar-refractivity contribution in [2.45, 2.75) is 24.8 Å². The maximum absolute atomic E-state index is 12.8. The van der Waals surface area contributed by atoms with E-state index in [0.29, 0.717) is 15.8 Å². The second-order valence-corrected chi connectivity index (χ2v) is 8.57. The maximum Gasteiger partial charge on any atom is 0.335 e. The molecule has 2 aromatic rings. The van der Waals surface area contributed by atoms with Gasteiger partial charge >= 0.3 is 5.97 Å². The van der Waals surface area contributed by atoms with Crippen LogP contribution in [0.2, 0.25) is 5.02 Å². The molecule has 0 aromatic heterocycles. The van der Waals surface area contributed by atoms with Gasteiger partial charge in [0, 0.05) is 11.1 Å². The highest BCUT2D eigenvalue weighted by Crippen LogP contribution is 2.30. The van der Waals surface area contributed by atoms with Crippen LogP contribution in [-0.4, -0.2) is 26.6 Å². The number of sulfonamides is 1. The number of methoxy groups -OCH3 is 1. The zero-order chi connectivity index (χ0) is 19.6. The summed E-state index contributed by atoms with van der Waals surface area (Å²) in [4.78, 5) is 11.0. The number of ether oxygens (including phenoxy) is 1. The molecule has 0 bridgehead atoms. The summed E-state index contributed by atoms with van der Waals surface area (Å²) in [5.41, 5.74) is 0.799. The minimum absolute atomic E-state index is 0.0742. The Morgan fingerprint density at radius 1 is 1.31 bits per heavy atom. The lowest BCUT2D eigenvalue weighted by Crippen LogP contribution is -2.28. The van der Waals surface area contributed by atoms with Crippen molar-refractivity contribution in [3.8, 4) is 5.75 Å². The van der Waals surface area contributed by atoms with E-state index in [1.54, 1.807) is 25.1 Å². The molecule has 0 saturated carbocycles. The van der Waals surface area contributed by atoms with E-state index in [0.717, 1.165) is 6.07 Å². The predicted molar refractivity (Wildman–Crippen MR) is 103 cm³/mol. The molecule has 0 aliphatic heterocycles. The van der Waals surface area contributed by atoms with Crippen molar-refractivity contribution in [2.24, 2.45) is 0 Å². The molecule has 26 heavy (non-hydrogen) atoms. The smallest absolute Gasteiger partial charge is 0.335 e. The van der Waals surface area contributed by atoms with E-state index in [9.17, 15) is 13.2 Å². The van der Waals surface area contributed by atoms with Crippen LogP contribution in [-0.2, 0) is 10.0 Å². The van der Waals surface area contributed by atoms with Crippen molar-refractivity contribution in [3.05, 3.63) is 56.5 Å². The van der Waals surface area contributed by atoms with Crippen LogP contribution in [0.5, 0.6) is 5.75 Å². The first kappa shape index (κ1) is 20.7. The molecule has 9 heteroatoms. The van der Waals surface area contributed by atoms with E-state index in [1.807, 2.05) is 0 Å². The quantitative estimate of drug-likeness (QED) is 0.672. The molecule has 1 atom stereocenters. The number of benzene rings is 2. The zero-order valence-electron chi connectivity index (χ0n) is 14.2. The van der Waals surface area contributed by atoms with E-state index < -0.39 is 22.0 Å². The molecule has 0 amide bonds. The number of hydrogen-bond acceptors (Lipinski definition) is 4. The van der Waals surface area contributed by atoms with Crippen LogP contribution in [0, 0.1) is 6.92 Å². The number of carboxylic acids is 1. The Hall–Kier alpha value is -1.61. The summed E-state index contributed by atoms with van der Waals surface area (Å²) in [6.07, 6.45) is 0. The van der Waals surface area contributed by atoms with Gasteiger partial charge in [-0.1, -0.05) is 17.7 Å². The Balaban J connectivity index is 2.39. The molecule has 0 fully saturated rings. The van der Waals surface area contributed by atoms with Gasteiger partial charge in [-0.25, -0.2) is 17.9 Å². The van der Waals surface area contributed by atoms with E-state index in [1.165, 1.54) is 20.1 Å². The summed E-state index contributed by atoms with van der Waals surface area (Å²) in [6.45, 7) is 3.21. The molecule has 2 aromatic carbocycles. The molecule has 2 rings (SSSR count). The lowest BCUT2D eigenvalue weighted by Gasteiger charge is -2.17. The monoisotopic (exact) mass is 461 g/mol. The molecule has 0 heterocycles. The summed E-state index contributed by atoms with van der Waals surface area (Å²) < 4.78 is 33.9. The lowest BCUT2D eigenvalue weighted by atomic mass is 10.1. The van der Waals surface area contributed by atoms with Gasteiger partial charge in [0.15, 0.2) is 0 Å². The summed E-state index contributed by atoms with van der Waals surface area (Å²) in [7, 11) is -2.45. The van der Waals surface area contributed by atoms with Crippen molar-refractivity contribution in [3.63, 3.8) is 0 Å². The average molecular weight is 463 g/mol. The molecule has 0 aliphatic carbocycles. The van der Waals surface area contributed by atoms with E-state index in [-0.39, 0.29) is 21.0 Å². The minimum Gasteiger partial charge on any atom is -0.496 e. The fourth-order valence-corrected chi connectivity index (χ4v) is 4.73. The Morgan fingerprint density at radius 2 is 1.96 bits per heavy atom. The van der Waals surface area contributed by atoms with Crippen LogP contribution in [0.25, 0.3) is 0 Å². The first-order valence-corrected chi connectivity index (χ1v) is 10.1. The number of halogens is 2. The molecule has 0 aliphatic rings. The van der Waals surface area contributed by atoms with Crippen molar-refractivity contribution in [1.29, 1.82) is 0 Å². The number of aromatic carboxylic acids is 1. The first-order chi connectivity index (χ1) is 12.1. The second-order valence-electron chi connectivity index (χ2n) is 5.62. The van der Waals surface area contributed by atoms with E-state index in [2.05, 4.69) is 20.7 Å². The molecule has 6 nitrogen and oxygen atoms in total. The molecular formula is C17H17BrClNO5S. The highest BCUT2D eigenvalue weighted by atomic mass is 79.9. The van der Waals surface area contributed by atoms with Crippen LogP contribution in [0.15, 0.2) is 39.7 Å². The predicted octanol–water partition coefficient (Wildman–Crippen LogP) is 4.16. The average Bonchev–Trinajstić information content (AvgIpc) is 2.56. The standard InChI is InChI=1S/C17H17BrClNO5S/c1-9-14(19)7-12(17(21)22)8-16(9)26(23,24)20-10(2)11-4-5-15(25-3)13(18)6-11/h4-8,10,20H,1-3H3,(H,21,22). The highest BCUT2D eigenvalue weighted by Gasteiger charge is 2.24. The Kier molecular flexibility index (Phi) is 6.33. The van der Waals surface area contributed by atoms with Crippen molar-refractivity contribution >= 4 is 43.5 Å². The highest BCUT2D eigenvalue weighted by molar-refractivity contribution is 9.10. The van der Waals surface area contributed by atoms with Gasteiger partial charge in [-0.05, 0) is 65.2 Å². The van der Waals surface area contributed by atoms with Crippen molar-refractivity contribution in [1.82, 2.24) is 4.72 Å². The molecule has 0 saturated heterocycles. The number of nitrogens with one attached hydrogen (secondary N) is 1. The fourth-order valence-electron chi connectivity index (χ4n) is 2.37. The topological polar surface area (TPSA) is 92.7 Å². The zero-order valence-corrected chi connectivity index (χ0v) is 17.4. The van der Waals surface area contributed by atoms with Crippen LogP contribution >= 0.6 is 27.5 Å². The van der Waals surface area contributed by atoms with Crippen LogP contribution < -0.4 is 9.46 Å². The molecule has 0 spiro atoms. The lowest BCUT2D eigenvalue weighted by molar-refractivity contribution is 0.0696. The summed E-state index contributed by atoms with van der Waals surface area (Å²) >= 11 is 9.36. The van der Waals surface area contributed by atoms with Gasteiger partial charge in [-0.2, -0.15) is 0 Å². The third-order valence-corrected chi connectivity index (χ3v) is 6.52. The minimum atomic E-state index is -3.99. The summed E-state index contributed by atoms with van der Waals surface area (Å²) in [5, 5.41) is 9.21. The van der Waals surface area contributed by atoms with E-state index in [4.69, 9.17) is 21.4 Å². The molecule has 1 unspecified atom stereocenters. The molecule has 0 radical (unpaired) electrons. The SMILES string of the molecule is COc1ccc(C(C)NS(=O)(=O)c2cc(C(=O)O)cc(Cl)c2C)cc1Br. The molecule has 2 N–H and O–H groups in total. The van der Waals surface area contributed by atoms with Gasteiger partial charge in [0.05, 0.1) is 22.0 Å². The number of rotatable bonds is 6. The van der Waals surface area contributed by atoms with Crippen molar-refractivity contribution < 1.29 is 23.1 Å². The van der Waals surface area contributed by atoms with Gasteiger partial charge in [0.25, 0.3) is 0 Å². The van der Waals surface area contributed by atoms with Crippen LogP contribution in [0.4, 0.5) is 0 Å². The number of carboxylic acid groups (broad SMARTS) is 1. The van der Waals surface area contributed by atoms with Gasteiger partial charge in [0.2, 0.25) is 10.0 Å². The van der Waals surface area contributed by atoms with Crippen molar-refractivity contribution in [2.75, 3.05) is 7.11 Å². The van der Waals surface area contributed by atoms with Gasteiger partial charge in [0.1, 0.15) is 5.75 Å². The fraction of sp³-hybridized carbons (Fsp3) is 0.235. The molecular weight excluding hydrogens is 446 g/mol. The molecule has 140 valence electrons. The maximum atomic E-state index is 12.8. The van der Waals surface area contributed by atoms with Crippen LogP contribution in [0.1, 0.15) is 34.5 Å². The van der Waals surface area contributed by atoms with Crippen LogP contribution in [0.3, 0.4) is 0 Å².